The minimum Gasteiger partial charge on any atom is -0.490 e. The van der Waals surface area contributed by atoms with Crippen molar-refractivity contribution in [2.45, 2.75) is 83.1 Å². The highest BCUT2D eigenvalue weighted by Crippen LogP contribution is 2.39. The largest absolute Gasteiger partial charge is 0.490 e. The summed E-state index contributed by atoms with van der Waals surface area (Å²) < 4.78 is 14.0. The summed E-state index contributed by atoms with van der Waals surface area (Å²) in [6.07, 6.45) is 9.66. The zero-order valence-corrected chi connectivity index (χ0v) is 22.1. The average molecular weight is 522 g/mol. The lowest BCUT2D eigenvalue weighted by atomic mass is 9.84. The van der Waals surface area contributed by atoms with Crippen LogP contribution >= 0.6 is 0 Å². The standard InChI is InChI=1S/C28H35N5O5/c1-16(2)38-24-11-21-20(10-22(24)26(29)35)23(13-30-27(21)37-15-18-4-5-25(34)32-18)17-12-31-33(14-17)19-6-8-28(3,36)9-7-19/h10-14,16,18-19,36H,4-9,15H2,1-3H3,(H2,29,35)(H,32,34). The third kappa shape index (κ3) is 5.45. The fourth-order valence-electron chi connectivity index (χ4n) is 5.28. The Bertz CT molecular complexity index is 1360. The molecule has 5 rings (SSSR count). The molecular weight excluding hydrogens is 486 g/mol. The second-order valence-corrected chi connectivity index (χ2v) is 11.0. The number of primary amides is 1. The Morgan fingerprint density at radius 3 is 2.66 bits per heavy atom. The van der Waals surface area contributed by atoms with Gasteiger partial charge >= 0.3 is 0 Å². The number of benzene rings is 1. The molecule has 1 saturated heterocycles. The van der Waals surface area contributed by atoms with Crippen molar-refractivity contribution < 1.29 is 24.2 Å². The smallest absolute Gasteiger partial charge is 0.252 e. The monoisotopic (exact) mass is 521 g/mol. The van der Waals surface area contributed by atoms with Crippen molar-refractivity contribution in [1.82, 2.24) is 20.1 Å². The van der Waals surface area contributed by atoms with Crippen molar-refractivity contribution in [2.24, 2.45) is 5.73 Å². The summed E-state index contributed by atoms with van der Waals surface area (Å²) in [5.74, 6) is 0.176. The number of rotatable bonds is 8. The van der Waals surface area contributed by atoms with Gasteiger partial charge in [0.05, 0.1) is 35.5 Å². The molecule has 1 aromatic carbocycles. The minimum absolute atomic E-state index is 0.0177. The number of aromatic nitrogens is 3. The zero-order valence-electron chi connectivity index (χ0n) is 22.1. The molecule has 202 valence electrons. The first-order valence-corrected chi connectivity index (χ1v) is 13.2. The van der Waals surface area contributed by atoms with Gasteiger partial charge in [0, 0.05) is 35.3 Å². The summed E-state index contributed by atoms with van der Waals surface area (Å²) in [5, 5.41) is 19.3. The number of ether oxygens (including phenoxy) is 2. The average Bonchev–Trinajstić information content (AvgIpc) is 3.51. The van der Waals surface area contributed by atoms with Crippen LogP contribution in [-0.4, -0.2) is 56.0 Å². The van der Waals surface area contributed by atoms with Gasteiger partial charge in [-0.05, 0) is 70.4 Å². The molecular formula is C28H35N5O5. The van der Waals surface area contributed by atoms with E-state index < -0.39 is 11.5 Å². The highest BCUT2D eigenvalue weighted by Gasteiger charge is 2.30. The number of fused-ring (bicyclic) bond motifs is 1. The van der Waals surface area contributed by atoms with Gasteiger partial charge in [0.15, 0.2) is 0 Å². The van der Waals surface area contributed by atoms with Crippen molar-refractivity contribution >= 4 is 22.6 Å². The molecule has 1 aliphatic carbocycles. The molecule has 1 saturated carbocycles. The fourth-order valence-corrected chi connectivity index (χ4v) is 5.28. The molecule has 0 radical (unpaired) electrons. The van der Waals surface area contributed by atoms with E-state index in [4.69, 9.17) is 15.2 Å². The van der Waals surface area contributed by atoms with E-state index in [-0.39, 0.29) is 36.3 Å². The van der Waals surface area contributed by atoms with Crippen LogP contribution in [0, 0.1) is 0 Å². The lowest BCUT2D eigenvalue weighted by Gasteiger charge is -2.33. The van der Waals surface area contributed by atoms with Crippen molar-refractivity contribution in [3.8, 4) is 22.8 Å². The number of pyridine rings is 1. The first kappa shape index (κ1) is 26.0. The predicted molar refractivity (Wildman–Crippen MR) is 142 cm³/mol. The predicted octanol–water partition coefficient (Wildman–Crippen LogP) is 3.51. The van der Waals surface area contributed by atoms with Gasteiger partial charge in [0.1, 0.15) is 12.4 Å². The number of nitrogens with zero attached hydrogens (tertiary/aromatic N) is 3. The summed E-state index contributed by atoms with van der Waals surface area (Å²) in [7, 11) is 0. The molecule has 3 heterocycles. The summed E-state index contributed by atoms with van der Waals surface area (Å²) in [4.78, 5) is 28.6. The molecule has 0 bridgehead atoms. The van der Waals surface area contributed by atoms with Crippen molar-refractivity contribution in [2.75, 3.05) is 6.61 Å². The van der Waals surface area contributed by atoms with Gasteiger partial charge in [-0.3, -0.25) is 14.3 Å². The van der Waals surface area contributed by atoms with Crippen LogP contribution in [0.1, 0.15) is 75.7 Å². The molecule has 10 heteroatoms. The van der Waals surface area contributed by atoms with E-state index >= 15 is 0 Å². The number of carbonyl (C=O) groups is 2. The number of hydrogen-bond acceptors (Lipinski definition) is 7. The van der Waals surface area contributed by atoms with Crippen molar-refractivity contribution in [3.63, 3.8) is 0 Å². The van der Waals surface area contributed by atoms with E-state index in [9.17, 15) is 14.7 Å². The van der Waals surface area contributed by atoms with Gasteiger partial charge in [-0.2, -0.15) is 5.10 Å². The van der Waals surface area contributed by atoms with Crippen LogP contribution in [0.5, 0.6) is 11.6 Å². The topological polar surface area (TPSA) is 142 Å². The van der Waals surface area contributed by atoms with Gasteiger partial charge in [-0.15, -0.1) is 0 Å². The van der Waals surface area contributed by atoms with Crippen LogP contribution in [-0.2, 0) is 4.79 Å². The zero-order chi connectivity index (χ0) is 27.0. The molecule has 3 aromatic rings. The summed E-state index contributed by atoms with van der Waals surface area (Å²) in [6.45, 7) is 5.92. The Labute approximate surface area is 221 Å². The van der Waals surface area contributed by atoms with Crippen LogP contribution in [0.3, 0.4) is 0 Å². The maximum absolute atomic E-state index is 12.4. The molecule has 2 aliphatic rings. The van der Waals surface area contributed by atoms with E-state index in [1.807, 2.05) is 31.6 Å². The normalized spacial score (nSPS) is 23.6. The lowest BCUT2D eigenvalue weighted by molar-refractivity contribution is -0.119. The Hall–Kier alpha value is -3.66. The minimum atomic E-state index is -0.620. The SMILES string of the molecule is CC(C)Oc1cc2c(OCC3CCC(=O)N3)ncc(-c3cnn(C4CCC(C)(O)CC4)c3)c2cc1C(N)=O. The number of aliphatic hydroxyl groups is 1. The summed E-state index contributed by atoms with van der Waals surface area (Å²) in [6, 6.07) is 3.61. The molecule has 0 spiro atoms. The Kier molecular flexibility index (Phi) is 7.00. The van der Waals surface area contributed by atoms with Crippen LogP contribution < -0.4 is 20.5 Å². The third-order valence-corrected chi connectivity index (χ3v) is 7.40. The van der Waals surface area contributed by atoms with Crippen molar-refractivity contribution in [3.05, 3.63) is 36.3 Å². The molecule has 2 fully saturated rings. The maximum atomic E-state index is 12.4. The fraction of sp³-hybridized carbons (Fsp3) is 0.500. The molecule has 1 unspecified atom stereocenters. The van der Waals surface area contributed by atoms with Gasteiger partial charge in [0.2, 0.25) is 11.8 Å². The highest BCUT2D eigenvalue weighted by atomic mass is 16.5. The second kappa shape index (κ2) is 10.2. The number of carbonyl (C=O) groups excluding carboxylic acids is 2. The Morgan fingerprint density at radius 1 is 1.24 bits per heavy atom. The number of nitrogens with two attached hydrogens (primary N) is 1. The van der Waals surface area contributed by atoms with Gasteiger partial charge in [0.25, 0.3) is 5.91 Å². The van der Waals surface area contributed by atoms with E-state index in [0.29, 0.717) is 29.9 Å². The van der Waals surface area contributed by atoms with E-state index in [1.165, 1.54) is 0 Å². The second-order valence-electron chi connectivity index (χ2n) is 11.0. The number of amides is 2. The molecule has 2 aromatic heterocycles. The van der Waals surface area contributed by atoms with E-state index in [1.54, 1.807) is 24.5 Å². The Balaban J connectivity index is 1.54. The van der Waals surface area contributed by atoms with Crippen LogP contribution in [0.25, 0.3) is 21.9 Å². The number of nitrogens with one attached hydrogen (secondary N) is 1. The molecule has 1 aliphatic heterocycles. The molecule has 1 atom stereocenters. The summed E-state index contributed by atoms with van der Waals surface area (Å²) >= 11 is 0. The third-order valence-electron chi connectivity index (χ3n) is 7.40. The molecule has 2 amide bonds. The first-order chi connectivity index (χ1) is 18.1. The van der Waals surface area contributed by atoms with Gasteiger partial charge in [-0.25, -0.2) is 4.98 Å². The van der Waals surface area contributed by atoms with E-state index in [2.05, 4.69) is 15.4 Å². The molecule has 4 N–H and O–H groups in total. The van der Waals surface area contributed by atoms with Gasteiger partial charge < -0.3 is 25.6 Å². The molecule has 10 nitrogen and oxygen atoms in total. The van der Waals surface area contributed by atoms with Crippen LogP contribution in [0.2, 0.25) is 0 Å². The quantitative estimate of drug-likeness (QED) is 0.412. The number of hydrogen-bond donors (Lipinski definition) is 3. The summed E-state index contributed by atoms with van der Waals surface area (Å²) in [5.41, 5.74) is 7.03. The van der Waals surface area contributed by atoms with Crippen LogP contribution in [0.4, 0.5) is 0 Å². The maximum Gasteiger partial charge on any atom is 0.252 e. The van der Waals surface area contributed by atoms with Crippen LogP contribution in [0.15, 0.2) is 30.7 Å². The van der Waals surface area contributed by atoms with Crippen molar-refractivity contribution in [1.29, 1.82) is 0 Å². The molecule has 38 heavy (non-hydrogen) atoms. The lowest BCUT2D eigenvalue weighted by Crippen LogP contribution is -2.31. The first-order valence-electron chi connectivity index (χ1n) is 13.2. The van der Waals surface area contributed by atoms with E-state index in [0.717, 1.165) is 42.2 Å². The Morgan fingerprint density at radius 2 is 2.00 bits per heavy atom. The highest BCUT2D eigenvalue weighted by molar-refractivity contribution is 6.06. The van der Waals surface area contributed by atoms with Gasteiger partial charge in [-0.1, -0.05) is 0 Å².